The van der Waals surface area contributed by atoms with Crippen LogP contribution in [0.5, 0.6) is 0 Å². The lowest BCUT2D eigenvalue weighted by atomic mass is 10.0. The van der Waals surface area contributed by atoms with Crippen LogP contribution in [0.4, 0.5) is 0 Å². The van der Waals surface area contributed by atoms with Crippen molar-refractivity contribution < 1.29 is 24.2 Å². The van der Waals surface area contributed by atoms with Gasteiger partial charge in [-0.15, -0.1) is 0 Å². The number of ether oxygens (including phenoxy) is 2. The van der Waals surface area contributed by atoms with E-state index in [0.717, 1.165) is 89.9 Å². The van der Waals surface area contributed by atoms with E-state index in [2.05, 4.69) is 123 Å². The Kier molecular flexibility index (Phi) is 54.9. The molecule has 0 aromatic rings. The standard InChI is InChI=1S/C63H106O5/c1-3-5-7-9-11-13-15-17-19-21-23-24-25-26-27-28-29-30-31-32-33-34-35-36-37-38-40-42-44-46-48-50-52-54-56-58-63(66)68-61(59-64)60-67-62(65)57-55-53-51-49-47-45-43-41-39-22-20-18-16-14-12-10-8-6-4-2/h5,7,11,13,17-20,23-24,26-27,29-30,32-33,35-36,61,64H,3-4,6,8-10,12,14-16,21-22,25,28,31,34,37-60H2,1-2H3/b7-5-,13-11-,19-17-,20-18-,24-23-,27-26-,30-29-,33-32-,36-35-. The van der Waals surface area contributed by atoms with Gasteiger partial charge in [0.25, 0.3) is 0 Å². The second kappa shape index (κ2) is 57.9. The highest BCUT2D eigenvalue weighted by atomic mass is 16.6. The van der Waals surface area contributed by atoms with Crippen molar-refractivity contribution in [3.8, 4) is 0 Å². The lowest BCUT2D eigenvalue weighted by molar-refractivity contribution is -0.161. The third kappa shape index (κ3) is 55.2. The number of carbonyl (C=O) groups is 2. The van der Waals surface area contributed by atoms with E-state index in [1.54, 1.807) is 0 Å². The highest BCUT2D eigenvalue weighted by Crippen LogP contribution is 2.15. The van der Waals surface area contributed by atoms with Crippen LogP contribution in [0.2, 0.25) is 0 Å². The van der Waals surface area contributed by atoms with Crippen LogP contribution < -0.4 is 0 Å². The summed E-state index contributed by atoms with van der Waals surface area (Å²) in [6.07, 6.45) is 83.4. The number of aliphatic hydroxyl groups excluding tert-OH is 1. The van der Waals surface area contributed by atoms with Gasteiger partial charge in [0.1, 0.15) is 6.61 Å². The summed E-state index contributed by atoms with van der Waals surface area (Å²) in [5.74, 6) is -0.598. The van der Waals surface area contributed by atoms with Crippen LogP contribution in [0.15, 0.2) is 109 Å². The molecule has 1 atom stereocenters. The number of allylic oxidation sites excluding steroid dienone is 18. The highest BCUT2D eigenvalue weighted by Gasteiger charge is 2.16. The van der Waals surface area contributed by atoms with Gasteiger partial charge in [0.15, 0.2) is 6.10 Å². The van der Waals surface area contributed by atoms with Crippen LogP contribution >= 0.6 is 0 Å². The monoisotopic (exact) mass is 943 g/mol. The Morgan fingerprint density at radius 3 is 0.971 bits per heavy atom. The third-order valence-corrected chi connectivity index (χ3v) is 12.1. The zero-order chi connectivity index (χ0) is 49.2. The minimum atomic E-state index is -0.782. The fraction of sp³-hybridized carbons (Fsp3) is 0.683. The predicted octanol–water partition coefficient (Wildman–Crippen LogP) is 19.3. The van der Waals surface area contributed by atoms with Gasteiger partial charge in [-0.2, -0.15) is 0 Å². The van der Waals surface area contributed by atoms with Gasteiger partial charge in [0.05, 0.1) is 6.61 Å². The largest absolute Gasteiger partial charge is 0.462 e. The van der Waals surface area contributed by atoms with E-state index in [-0.39, 0.29) is 25.2 Å². The van der Waals surface area contributed by atoms with E-state index < -0.39 is 6.10 Å². The molecule has 0 saturated carbocycles. The molecular formula is C63H106O5. The Hall–Kier alpha value is -3.44. The van der Waals surface area contributed by atoms with Gasteiger partial charge in [-0.25, -0.2) is 0 Å². The molecule has 0 rings (SSSR count). The molecule has 0 aromatic heterocycles. The number of unbranched alkanes of at least 4 members (excludes halogenated alkanes) is 25. The molecule has 0 heterocycles. The van der Waals surface area contributed by atoms with Crippen molar-refractivity contribution in [2.75, 3.05) is 13.2 Å². The van der Waals surface area contributed by atoms with Crippen molar-refractivity contribution >= 4 is 11.9 Å². The Bertz CT molecular complexity index is 1340. The van der Waals surface area contributed by atoms with Crippen LogP contribution in [-0.2, 0) is 19.1 Å². The molecule has 0 saturated heterocycles. The third-order valence-electron chi connectivity index (χ3n) is 12.1. The van der Waals surface area contributed by atoms with Crippen molar-refractivity contribution in [1.82, 2.24) is 0 Å². The van der Waals surface area contributed by atoms with E-state index in [1.165, 1.54) is 141 Å². The molecule has 68 heavy (non-hydrogen) atoms. The molecule has 5 heteroatoms. The predicted molar refractivity (Wildman–Crippen MR) is 297 cm³/mol. The average molecular weight is 944 g/mol. The molecule has 0 bridgehead atoms. The molecule has 0 spiro atoms. The Morgan fingerprint density at radius 1 is 0.353 bits per heavy atom. The summed E-state index contributed by atoms with van der Waals surface area (Å²) in [6, 6.07) is 0. The number of esters is 2. The first-order valence-electron chi connectivity index (χ1n) is 28.4. The maximum atomic E-state index is 12.3. The van der Waals surface area contributed by atoms with Crippen molar-refractivity contribution in [1.29, 1.82) is 0 Å². The molecule has 0 aliphatic carbocycles. The zero-order valence-electron chi connectivity index (χ0n) is 44.3. The lowest BCUT2D eigenvalue weighted by Crippen LogP contribution is -2.28. The molecule has 1 N–H and O–H groups in total. The summed E-state index contributed by atoms with van der Waals surface area (Å²) in [5, 5.41) is 9.65. The van der Waals surface area contributed by atoms with Gasteiger partial charge in [0.2, 0.25) is 0 Å². The summed E-state index contributed by atoms with van der Waals surface area (Å²) < 4.78 is 10.7. The number of hydrogen-bond donors (Lipinski definition) is 1. The number of rotatable bonds is 51. The molecule has 0 amide bonds. The lowest BCUT2D eigenvalue weighted by Gasteiger charge is -2.15. The molecule has 5 nitrogen and oxygen atoms in total. The maximum absolute atomic E-state index is 12.3. The van der Waals surface area contributed by atoms with E-state index >= 15 is 0 Å². The van der Waals surface area contributed by atoms with Crippen LogP contribution in [-0.4, -0.2) is 36.4 Å². The topological polar surface area (TPSA) is 72.8 Å². The highest BCUT2D eigenvalue weighted by molar-refractivity contribution is 5.70. The van der Waals surface area contributed by atoms with E-state index in [9.17, 15) is 14.7 Å². The number of carbonyl (C=O) groups excluding carboxylic acids is 2. The normalized spacial score (nSPS) is 13.0. The van der Waals surface area contributed by atoms with Crippen LogP contribution in [0.25, 0.3) is 0 Å². The first-order chi connectivity index (χ1) is 33.6. The van der Waals surface area contributed by atoms with Gasteiger partial charge in [0, 0.05) is 12.8 Å². The fourth-order valence-electron chi connectivity index (χ4n) is 7.80. The second-order valence-electron chi connectivity index (χ2n) is 18.6. The van der Waals surface area contributed by atoms with Gasteiger partial charge in [-0.3, -0.25) is 9.59 Å². The van der Waals surface area contributed by atoms with Crippen molar-refractivity contribution in [2.24, 2.45) is 0 Å². The Morgan fingerprint density at radius 2 is 0.632 bits per heavy atom. The molecule has 388 valence electrons. The molecule has 1 unspecified atom stereocenters. The summed E-state index contributed by atoms with van der Waals surface area (Å²) in [7, 11) is 0. The van der Waals surface area contributed by atoms with E-state index in [0.29, 0.717) is 12.8 Å². The van der Waals surface area contributed by atoms with E-state index in [1.807, 2.05) is 0 Å². The minimum Gasteiger partial charge on any atom is -0.462 e. The summed E-state index contributed by atoms with van der Waals surface area (Å²) in [6.45, 7) is 4.03. The summed E-state index contributed by atoms with van der Waals surface area (Å²) in [5.41, 5.74) is 0. The summed E-state index contributed by atoms with van der Waals surface area (Å²) in [4.78, 5) is 24.5. The van der Waals surface area contributed by atoms with E-state index in [4.69, 9.17) is 9.47 Å². The molecule has 0 aromatic carbocycles. The van der Waals surface area contributed by atoms with Gasteiger partial charge in [-0.05, 0) is 103 Å². The molecule has 0 aliphatic rings. The second-order valence-corrected chi connectivity index (χ2v) is 18.6. The summed E-state index contributed by atoms with van der Waals surface area (Å²) >= 11 is 0. The van der Waals surface area contributed by atoms with Crippen molar-refractivity contribution in [2.45, 2.75) is 264 Å². The van der Waals surface area contributed by atoms with Gasteiger partial charge >= 0.3 is 11.9 Å². The Balaban J connectivity index is 3.56. The fourth-order valence-corrected chi connectivity index (χ4v) is 7.80. The quantitative estimate of drug-likeness (QED) is 0.0374. The molecule has 0 radical (unpaired) electrons. The molecule has 0 aliphatic heterocycles. The average Bonchev–Trinajstić information content (AvgIpc) is 3.34. The van der Waals surface area contributed by atoms with Gasteiger partial charge < -0.3 is 14.6 Å². The SMILES string of the molecule is CC/C=C\C/C=C\C/C=C\C/C=C\C/C=C\C/C=C\C/C=C\C/C=C\CCCCCCCCCCCCC(=O)OC(CO)COC(=O)CCCCCCCCCCC/C=C\CCCCCCCC. The van der Waals surface area contributed by atoms with Crippen LogP contribution in [0, 0.1) is 0 Å². The smallest absolute Gasteiger partial charge is 0.306 e. The van der Waals surface area contributed by atoms with Gasteiger partial charge in [-0.1, -0.05) is 252 Å². The molecule has 0 fully saturated rings. The molecular weight excluding hydrogens is 837 g/mol. The first kappa shape index (κ1) is 64.6. The first-order valence-corrected chi connectivity index (χ1v) is 28.4. The van der Waals surface area contributed by atoms with Crippen LogP contribution in [0.3, 0.4) is 0 Å². The number of hydrogen-bond acceptors (Lipinski definition) is 5. The Labute approximate surface area is 421 Å². The zero-order valence-corrected chi connectivity index (χ0v) is 44.3. The number of aliphatic hydroxyl groups is 1. The van der Waals surface area contributed by atoms with Crippen molar-refractivity contribution in [3.05, 3.63) is 109 Å². The van der Waals surface area contributed by atoms with Crippen LogP contribution in [0.1, 0.15) is 258 Å². The minimum absolute atomic E-state index is 0.0723. The van der Waals surface area contributed by atoms with Crippen molar-refractivity contribution in [3.63, 3.8) is 0 Å². The maximum Gasteiger partial charge on any atom is 0.306 e.